The zero-order chi connectivity index (χ0) is 25.8. The van der Waals surface area contributed by atoms with Crippen LogP contribution in [-0.4, -0.2) is 31.4 Å². The maximum Gasteiger partial charge on any atom is 0.139 e. The van der Waals surface area contributed by atoms with E-state index in [1.165, 1.54) is 65.7 Å². The first-order valence-corrected chi connectivity index (χ1v) is 13.1. The second-order valence-electron chi connectivity index (χ2n) is 10.2. The van der Waals surface area contributed by atoms with Crippen molar-refractivity contribution in [1.82, 2.24) is 0 Å². The highest BCUT2D eigenvalue weighted by atomic mass is 16.3. The molecule has 0 fully saturated rings. The molecule has 1 heterocycles. The summed E-state index contributed by atoms with van der Waals surface area (Å²) in [5.74, 6) is 0. The molecule has 0 N–H and O–H groups in total. The van der Waals surface area contributed by atoms with Gasteiger partial charge in [-0.05, 0) is 75.9 Å². The Labute approximate surface area is 221 Å². The molecule has 1 aromatic heterocycles. The molecule has 0 aliphatic rings. The first-order valence-electron chi connectivity index (χ1n) is 13.1. The minimum absolute atomic E-state index is 0.931. The van der Waals surface area contributed by atoms with Crippen LogP contribution < -0.4 is 21.9 Å². The molecule has 0 atom stereocenters. The van der Waals surface area contributed by atoms with Crippen LogP contribution in [0.4, 0.5) is 0 Å². The standard InChI is InChI=1S/C32H28B4O/c1-3-4-9-17(2)25-20-11-5-6-12-21(20)26(28-27(25)29(33)31(35)32(36)30(28)34)18-14-15-24-22(16-18)19-10-7-8-13-23(19)37-24/h3-16H,33-36H2,1-2H3/b4-3-,17-9+. The normalized spacial score (nSPS) is 12.5. The van der Waals surface area contributed by atoms with E-state index in [0.717, 1.165) is 21.9 Å². The molecule has 0 unspecified atom stereocenters. The molecule has 6 aromatic rings. The Morgan fingerprint density at radius 1 is 0.676 bits per heavy atom. The van der Waals surface area contributed by atoms with Crippen LogP contribution in [0.3, 0.4) is 0 Å². The average Bonchev–Trinajstić information content (AvgIpc) is 3.30. The summed E-state index contributed by atoms with van der Waals surface area (Å²) in [6, 6.07) is 23.9. The number of para-hydroxylation sites is 1. The van der Waals surface area contributed by atoms with Crippen molar-refractivity contribution in [2.24, 2.45) is 0 Å². The van der Waals surface area contributed by atoms with Crippen LogP contribution in [0.15, 0.2) is 89.4 Å². The molecular weight excluding hydrogens is 444 g/mol. The van der Waals surface area contributed by atoms with E-state index in [1.807, 2.05) is 12.1 Å². The van der Waals surface area contributed by atoms with E-state index in [1.54, 1.807) is 0 Å². The van der Waals surface area contributed by atoms with Gasteiger partial charge in [0, 0.05) is 10.8 Å². The lowest BCUT2D eigenvalue weighted by molar-refractivity contribution is 0.669. The monoisotopic (exact) mass is 472 g/mol. The van der Waals surface area contributed by atoms with Gasteiger partial charge < -0.3 is 4.42 Å². The molecule has 0 radical (unpaired) electrons. The third-order valence-corrected chi connectivity index (χ3v) is 8.25. The minimum Gasteiger partial charge on any atom is -0.456 e. The van der Waals surface area contributed by atoms with Crippen molar-refractivity contribution in [3.05, 3.63) is 90.5 Å². The van der Waals surface area contributed by atoms with Gasteiger partial charge in [-0.3, -0.25) is 0 Å². The summed E-state index contributed by atoms with van der Waals surface area (Å²) in [4.78, 5) is 0. The van der Waals surface area contributed by atoms with E-state index in [9.17, 15) is 0 Å². The highest BCUT2D eigenvalue weighted by Gasteiger charge is 2.21. The van der Waals surface area contributed by atoms with Crippen molar-refractivity contribution in [1.29, 1.82) is 0 Å². The smallest absolute Gasteiger partial charge is 0.139 e. The number of furan rings is 1. The Morgan fingerprint density at radius 3 is 2.03 bits per heavy atom. The average molecular weight is 472 g/mol. The molecule has 5 heteroatoms. The number of benzene rings is 5. The molecule has 0 saturated carbocycles. The van der Waals surface area contributed by atoms with Crippen molar-refractivity contribution in [2.45, 2.75) is 13.8 Å². The van der Waals surface area contributed by atoms with E-state index in [0.29, 0.717) is 0 Å². The van der Waals surface area contributed by atoms with Crippen LogP contribution in [0.2, 0.25) is 0 Å². The second-order valence-corrected chi connectivity index (χ2v) is 10.2. The van der Waals surface area contributed by atoms with Gasteiger partial charge in [0.05, 0.1) is 0 Å². The predicted octanol–water partition coefficient (Wildman–Crippen LogP) is 2.57. The van der Waals surface area contributed by atoms with Gasteiger partial charge in [0.25, 0.3) is 0 Å². The van der Waals surface area contributed by atoms with Gasteiger partial charge in [0.1, 0.15) is 42.6 Å². The van der Waals surface area contributed by atoms with Gasteiger partial charge in [0.15, 0.2) is 0 Å². The summed E-state index contributed by atoms with van der Waals surface area (Å²) in [7, 11) is 9.13. The Balaban J connectivity index is 1.85. The Kier molecular flexibility index (Phi) is 5.68. The lowest BCUT2D eigenvalue weighted by Crippen LogP contribution is -2.48. The van der Waals surface area contributed by atoms with E-state index in [-0.39, 0.29) is 0 Å². The zero-order valence-electron chi connectivity index (χ0n) is 22.5. The van der Waals surface area contributed by atoms with E-state index >= 15 is 0 Å². The topological polar surface area (TPSA) is 13.1 Å². The van der Waals surface area contributed by atoms with Gasteiger partial charge in [-0.2, -0.15) is 0 Å². The molecule has 0 aliphatic carbocycles. The molecule has 0 aliphatic heterocycles. The van der Waals surface area contributed by atoms with Crippen LogP contribution in [0, 0.1) is 0 Å². The summed E-state index contributed by atoms with van der Waals surface area (Å²) in [6.07, 6.45) is 6.49. The van der Waals surface area contributed by atoms with Crippen molar-refractivity contribution in [2.75, 3.05) is 0 Å². The summed E-state index contributed by atoms with van der Waals surface area (Å²) in [6.45, 7) is 4.32. The van der Waals surface area contributed by atoms with E-state index in [2.05, 4.69) is 118 Å². The Morgan fingerprint density at radius 2 is 1.30 bits per heavy atom. The minimum atomic E-state index is 0.931. The zero-order valence-corrected chi connectivity index (χ0v) is 22.5. The fourth-order valence-electron chi connectivity index (χ4n) is 6.04. The number of allylic oxidation sites excluding steroid dienone is 4. The summed E-state index contributed by atoms with van der Waals surface area (Å²) < 4.78 is 6.17. The molecule has 1 nitrogen and oxygen atoms in total. The fraction of sp³-hybridized carbons (Fsp3) is 0.0625. The maximum absolute atomic E-state index is 6.17. The SMILES string of the molecule is Bc1c(B)c(B)c2c(-c3ccc4oc5ccccc5c4c3)c3ccccc3c(/C(C)=C/C=C\C)c2c1B. The molecule has 0 amide bonds. The number of fused-ring (bicyclic) bond motifs is 5. The number of hydrogen-bond acceptors (Lipinski definition) is 1. The first kappa shape index (κ1) is 23.6. The van der Waals surface area contributed by atoms with Gasteiger partial charge in [-0.1, -0.05) is 77.7 Å². The third-order valence-electron chi connectivity index (χ3n) is 8.25. The van der Waals surface area contributed by atoms with Crippen molar-refractivity contribution < 1.29 is 4.42 Å². The fourth-order valence-corrected chi connectivity index (χ4v) is 6.04. The molecule has 6 rings (SSSR count). The van der Waals surface area contributed by atoms with Gasteiger partial charge >= 0.3 is 0 Å². The molecule has 37 heavy (non-hydrogen) atoms. The van der Waals surface area contributed by atoms with Crippen LogP contribution in [0.1, 0.15) is 19.4 Å². The van der Waals surface area contributed by atoms with Crippen LogP contribution >= 0.6 is 0 Å². The first-order chi connectivity index (χ1) is 17.9. The van der Waals surface area contributed by atoms with E-state index < -0.39 is 0 Å². The van der Waals surface area contributed by atoms with Crippen molar-refractivity contribution in [3.63, 3.8) is 0 Å². The van der Waals surface area contributed by atoms with E-state index in [4.69, 9.17) is 4.42 Å². The van der Waals surface area contributed by atoms with Crippen LogP contribution in [0.25, 0.3) is 60.2 Å². The highest BCUT2D eigenvalue weighted by molar-refractivity contribution is 6.67. The Hall–Kier alpha value is -3.84. The highest BCUT2D eigenvalue weighted by Crippen LogP contribution is 2.41. The van der Waals surface area contributed by atoms with Gasteiger partial charge in [-0.25, -0.2) is 0 Å². The van der Waals surface area contributed by atoms with Crippen molar-refractivity contribution in [3.8, 4) is 11.1 Å². The predicted molar refractivity (Wildman–Crippen MR) is 175 cm³/mol. The van der Waals surface area contributed by atoms with Gasteiger partial charge in [-0.15, -0.1) is 10.9 Å². The molecular formula is C32H28B4O. The third kappa shape index (κ3) is 3.52. The maximum atomic E-state index is 6.17. The lowest BCUT2D eigenvalue weighted by Gasteiger charge is -2.24. The largest absolute Gasteiger partial charge is 0.456 e. The summed E-state index contributed by atoms with van der Waals surface area (Å²) in [5, 5.41) is 7.63. The second kappa shape index (κ2) is 8.92. The molecule has 0 spiro atoms. The van der Waals surface area contributed by atoms with Crippen LogP contribution in [-0.2, 0) is 0 Å². The summed E-state index contributed by atoms with van der Waals surface area (Å²) >= 11 is 0. The molecule has 0 bridgehead atoms. The van der Waals surface area contributed by atoms with Crippen LogP contribution in [0.5, 0.6) is 0 Å². The quantitative estimate of drug-likeness (QED) is 0.220. The summed E-state index contributed by atoms with van der Waals surface area (Å²) in [5.41, 5.74) is 12.5. The lowest BCUT2D eigenvalue weighted by atomic mass is 9.62. The molecule has 5 aromatic carbocycles. The number of rotatable bonds is 3. The molecule has 174 valence electrons. The Bertz CT molecular complexity index is 1940. The van der Waals surface area contributed by atoms with Crippen molar-refractivity contribution >= 4 is 102 Å². The van der Waals surface area contributed by atoms with Gasteiger partial charge in [0.2, 0.25) is 0 Å². The molecule has 0 saturated heterocycles. The number of hydrogen-bond donors (Lipinski definition) is 0.